The van der Waals surface area contributed by atoms with Gasteiger partial charge in [0.05, 0.1) is 44.6 Å². The van der Waals surface area contributed by atoms with Crippen molar-refractivity contribution in [3.8, 4) is 0 Å². The maximum atomic E-state index is 12.0. The molecule has 3 unspecified atom stereocenters. The van der Waals surface area contributed by atoms with Gasteiger partial charge in [0, 0.05) is 31.2 Å². The van der Waals surface area contributed by atoms with Gasteiger partial charge in [-0.05, 0) is 12.1 Å². The Hall–Kier alpha value is -2.72. The maximum absolute atomic E-state index is 12.0. The third kappa shape index (κ3) is 9.10. The van der Waals surface area contributed by atoms with Gasteiger partial charge < -0.3 is 44.9 Å². The molecule has 2 rings (SSSR count). The molecule has 0 aromatic heterocycles. The van der Waals surface area contributed by atoms with Gasteiger partial charge in [-0.15, -0.1) is 0 Å². The number of rotatable bonds is 14. The molecule has 196 valence electrons. The second-order valence-electron chi connectivity index (χ2n) is 7.59. The number of benzene rings is 1. The highest BCUT2D eigenvalue weighted by molar-refractivity contribution is 5.94. The maximum Gasteiger partial charge on any atom is 0.269 e. The minimum absolute atomic E-state index is 0.0486. The number of aliphatic hydroxyl groups is 3. The Balaban J connectivity index is 1.57. The molecule has 2 amide bonds. The smallest absolute Gasteiger partial charge is 0.269 e. The Kier molecular flexibility index (Phi) is 11.9. The van der Waals surface area contributed by atoms with E-state index in [0.717, 1.165) is 0 Å². The number of ether oxygens (including phenoxy) is 4. The number of hydrogen-bond acceptors (Lipinski definition) is 11. The van der Waals surface area contributed by atoms with Gasteiger partial charge in [-0.1, -0.05) is 0 Å². The summed E-state index contributed by atoms with van der Waals surface area (Å²) in [6.45, 7) is 1.87. The van der Waals surface area contributed by atoms with Crippen LogP contribution in [0.2, 0.25) is 0 Å². The zero-order valence-corrected chi connectivity index (χ0v) is 19.2. The van der Waals surface area contributed by atoms with Crippen molar-refractivity contribution in [2.24, 2.45) is 0 Å². The fourth-order valence-electron chi connectivity index (χ4n) is 3.23. The lowest BCUT2D eigenvalue weighted by Crippen LogP contribution is -2.64. The van der Waals surface area contributed by atoms with Gasteiger partial charge in [0.1, 0.15) is 24.4 Å². The average Bonchev–Trinajstić information content (AvgIpc) is 2.84. The van der Waals surface area contributed by atoms with E-state index in [4.69, 9.17) is 18.9 Å². The SMILES string of the molecule is CC(=O)NC1C(O)[C@@H](O)C(CO)O[C@H]1OCCOCCOCCNC(=O)c1ccc([N+](=O)[O-])cc1. The fraction of sp³-hybridized carbons (Fsp3) is 0.619. The number of aliphatic hydroxyl groups excluding tert-OH is 3. The van der Waals surface area contributed by atoms with Crippen molar-refractivity contribution in [2.45, 2.75) is 37.6 Å². The van der Waals surface area contributed by atoms with E-state index in [1.807, 2.05) is 0 Å². The lowest BCUT2D eigenvalue weighted by Gasteiger charge is -2.42. The van der Waals surface area contributed by atoms with Crippen molar-refractivity contribution < 1.29 is 48.8 Å². The monoisotopic (exact) mass is 501 g/mol. The molecular weight excluding hydrogens is 470 g/mol. The van der Waals surface area contributed by atoms with Crippen molar-refractivity contribution in [3.63, 3.8) is 0 Å². The molecule has 1 saturated heterocycles. The highest BCUT2D eigenvalue weighted by Crippen LogP contribution is 2.22. The Morgan fingerprint density at radius 1 is 1.06 bits per heavy atom. The standard InChI is InChI=1S/C21H31N3O11/c1-13(26)23-17-19(28)18(27)16(12-25)35-21(17)34-11-10-33-9-8-32-7-6-22-20(29)14-2-4-15(5-3-14)24(30)31/h2-5,16-19,21,25,27-28H,6-12H2,1H3,(H,22,29)(H,23,26)/t16?,17?,18-,19?,21+/m0/s1. The predicted molar refractivity (Wildman–Crippen MR) is 118 cm³/mol. The van der Waals surface area contributed by atoms with Crippen molar-refractivity contribution in [2.75, 3.05) is 46.2 Å². The number of carbonyl (C=O) groups excluding carboxylic acids is 2. The van der Waals surface area contributed by atoms with Crippen LogP contribution in [-0.2, 0) is 23.7 Å². The Labute approximate surface area is 201 Å². The molecule has 1 aromatic carbocycles. The molecule has 14 nitrogen and oxygen atoms in total. The first-order valence-corrected chi connectivity index (χ1v) is 10.9. The van der Waals surface area contributed by atoms with Gasteiger partial charge in [-0.3, -0.25) is 19.7 Å². The van der Waals surface area contributed by atoms with E-state index in [1.54, 1.807) is 0 Å². The van der Waals surface area contributed by atoms with Crippen molar-refractivity contribution in [3.05, 3.63) is 39.9 Å². The number of nitro groups is 1. The molecule has 5 atom stereocenters. The summed E-state index contributed by atoms with van der Waals surface area (Å²) in [4.78, 5) is 33.4. The predicted octanol–water partition coefficient (Wildman–Crippen LogP) is -1.68. The molecule has 0 aliphatic carbocycles. The molecular formula is C21H31N3O11. The molecule has 1 heterocycles. The highest BCUT2D eigenvalue weighted by Gasteiger charge is 2.45. The van der Waals surface area contributed by atoms with E-state index in [1.165, 1.54) is 31.2 Å². The van der Waals surface area contributed by atoms with Gasteiger partial charge in [0.25, 0.3) is 11.6 Å². The van der Waals surface area contributed by atoms with Crippen molar-refractivity contribution >= 4 is 17.5 Å². The Morgan fingerprint density at radius 3 is 2.29 bits per heavy atom. The summed E-state index contributed by atoms with van der Waals surface area (Å²) < 4.78 is 21.7. The Bertz CT molecular complexity index is 823. The van der Waals surface area contributed by atoms with Gasteiger partial charge in [0.15, 0.2) is 6.29 Å². The zero-order valence-electron chi connectivity index (χ0n) is 19.2. The zero-order chi connectivity index (χ0) is 25.8. The van der Waals surface area contributed by atoms with Crippen LogP contribution in [0, 0.1) is 10.1 Å². The molecule has 5 N–H and O–H groups in total. The van der Waals surface area contributed by atoms with Crippen LogP contribution in [0.4, 0.5) is 5.69 Å². The number of nitrogens with one attached hydrogen (secondary N) is 2. The molecule has 1 aliphatic heterocycles. The largest absolute Gasteiger partial charge is 0.394 e. The van der Waals surface area contributed by atoms with E-state index in [9.17, 15) is 35.0 Å². The number of nitro benzene ring substituents is 1. The first-order chi connectivity index (χ1) is 16.7. The quantitative estimate of drug-likeness (QED) is 0.111. The summed E-state index contributed by atoms with van der Waals surface area (Å²) in [7, 11) is 0. The van der Waals surface area contributed by atoms with E-state index in [-0.39, 0.29) is 51.2 Å². The second-order valence-corrected chi connectivity index (χ2v) is 7.59. The van der Waals surface area contributed by atoms with Crippen LogP contribution in [0.25, 0.3) is 0 Å². The van der Waals surface area contributed by atoms with E-state index < -0.39 is 48.1 Å². The minimum atomic E-state index is -1.39. The molecule has 35 heavy (non-hydrogen) atoms. The normalized spacial score (nSPS) is 24.1. The van der Waals surface area contributed by atoms with Crippen LogP contribution in [0.5, 0.6) is 0 Å². The minimum Gasteiger partial charge on any atom is -0.394 e. The molecule has 1 aromatic rings. The van der Waals surface area contributed by atoms with Crippen molar-refractivity contribution in [1.29, 1.82) is 0 Å². The summed E-state index contributed by atoms with van der Waals surface area (Å²) >= 11 is 0. The summed E-state index contributed by atoms with van der Waals surface area (Å²) in [6.07, 6.45) is -4.92. The molecule has 0 spiro atoms. The first-order valence-electron chi connectivity index (χ1n) is 10.9. The number of hydrogen-bond donors (Lipinski definition) is 5. The highest BCUT2D eigenvalue weighted by atomic mass is 16.7. The topological polar surface area (TPSA) is 199 Å². The molecule has 14 heteroatoms. The molecule has 0 radical (unpaired) electrons. The third-order valence-corrected chi connectivity index (χ3v) is 5.00. The lowest BCUT2D eigenvalue weighted by molar-refractivity contribution is -0.384. The van der Waals surface area contributed by atoms with Crippen LogP contribution < -0.4 is 10.6 Å². The van der Waals surface area contributed by atoms with Crippen LogP contribution in [0.15, 0.2) is 24.3 Å². The van der Waals surface area contributed by atoms with E-state index >= 15 is 0 Å². The number of nitrogens with zero attached hydrogens (tertiary/aromatic N) is 1. The third-order valence-electron chi connectivity index (χ3n) is 5.00. The van der Waals surface area contributed by atoms with Crippen molar-refractivity contribution in [1.82, 2.24) is 10.6 Å². The van der Waals surface area contributed by atoms with E-state index in [2.05, 4.69) is 10.6 Å². The van der Waals surface area contributed by atoms with Crippen LogP contribution in [0.3, 0.4) is 0 Å². The molecule has 1 aliphatic rings. The van der Waals surface area contributed by atoms with Gasteiger partial charge >= 0.3 is 0 Å². The summed E-state index contributed by atoms with van der Waals surface area (Å²) in [5.41, 5.74) is 0.203. The second kappa shape index (κ2) is 14.6. The van der Waals surface area contributed by atoms with E-state index in [0.29, 0.717) is 5.56 Å². The number of carbonyl (C=O) groups is 2. The molecule has 0 saturated carbocycles. The van der Waals surface area contributed by atoms with Crippen LogP contribution in [0.1, 0.15) is 17.3 Å². The van der Waals surface area contributed by atoms with Crippen LogP contribution in [-0.4, -0.2) is 109 Å². The fourth-order valence-corrected chi connectivity index (χ4v) is 3.23. The first kappa shape index (κ1) is 28.5. The summed E-state index contributed by atoms with van der Waals surface area (Å²) in [5, 5.41) is 45.2. The van der Waals surface area contributed by atoms with Crippen LogP contribution >= 0.6 is 0 Å². The summed E-state index contributed by atoms with van der Waals surface area (Å²) in [6, 6.07) is 4.23. The van der Waals surface area contributed by atoms with Gasteiger partial charge in [-0.2, -0.15) is 0 Å². The molecule has 0 bridgehead atoms. The Morgan fingerprint density at radius 2 is 1.69 bits per heavy atom. The average molecular weight is 501 g/mol. The number of amides is 2. The number of non-ortho nitro benzene ring substituents is 1. The molecule has 1 fully saturated rings. The lowest BCUT2D eigenvalue weighted by atomic mass is 9.97. The van der Waals surface area contributed by atoms with Gasteiger partial charge in [-0.25, -0.2) is 0 Å². The summed E-state index contributed by atoms with van der Waals surface area (Å²) in [5.74, 6) is -0.821. The van der Waals surface area contributed by atoms with Gasteiger partial charge in [0.2, 0.25) is 5.91 Å².